The molecule has 0 aliphatic heterocycles. The first-order chi connectivity index (χ1) is 7.17. The van der Waals surface area contributed by atoms with Crippen molar-refractivity contribution in [2.24, 2.45) is 0 Å². The van der Waals surface area contributed by atoms with Gasteiger partial charge < -0.3 is 10.6 Å². The van der Waals surface area contributed by atoms with Gasteiger partial charge in [0.15, 0.2) is 0 Å². The lowest BCUT2D eigenvalue weighted by Gasteiger charge is -2.09. The molecule has 0 atom stereocenters. The first kappa shape index (κ1) is 11.2. The molecule has 1 aromatic rings. The van der Waals surface area contributed by atoms with Crippen LogP contribution in [0.2, 0.25) is 0 Å². The molecule has 0 heterocycles. The van der Waals surface area contributed by atoms with Gasteiger partial charge in [-0.1, -0.05) is 6.07 Å². The van der Waals surface area contributed by atoms with Crippen LogP contribution in [0.3, 0.4) is 0 Å². The fraction of sp³-hybridized carbons (Fsp3) is 0.273. The molecule has 0 aromatic heterocycles. The third kappa shape index (κ3) is 3.09. The highest BCUT2D eigenvalue weighted by Crippen LogP contribution is 2.22. The third-order valence-electron chi connectivity index (χ3n) is 2.02. The van der Waals surface area contributed by atoms with E-state index in [-0.39, 0.29) is 5.78 Å². The number of rotatable bonds is 5. The topological polar surface area (TPSA) is 58.2 Å². The quantitative estimate of drug-likeness (QED) is 0.716. The minimum Gasteiger partial charge on any atom is -0.386 e. The van der Waals surface area contributed by atoms with Crippen molar-refractivity contribution in [1.82, 2.24) is 0 Å². The molecule has 4 nitrogen and oxygen atoms in total. The van der Waals surface area contributed by atoms with E-state index in [0.29, 0.717) is 18.5 Å². The van der Waals surface area contributed by atoms with E-state index >= 15 is 0 Å². The molecule has 0 fully saturated rings. The number of hydrogen-bond donors (Lipinski definition) is 2. The summed E-state index contributed by atoms with van der Waals surface area (Å²) in [6.45, 7) is 1.55. The van der Waals surface area contributed by atoms with Gasteiger partial charge in [-0.05, 0) is 24.6 Å². The van der Waals surface area contributed by atoms with Gasteiger partial charge in [0, 0.05) is 13.5 Å². The van der Waals surface area contributed by atoms with Crippen molar-refractivity contribution in [2.45, 2.75) is 13.3 Å². The summed E-state index contributed by atoms with van der Waals surface area (Å²) >= 11 is 0. The van der Waals surface area contributed by atoms with Crippen LogP contribution < -0.4 is 10.6 Å². The van der Waals surface area contributed by atoms with Gasteiger partial charge in [0.05, 0.1) is 11.4 Å². The smallest absolute Gasteiger partial charge is 0.211 e. The zero-order chi connectivity index (χ0) is 11.3. The molecule has 4 heteroatoms. The average Bonchev–Trinajstić information content (AvgIpc) is 2.20. The molecule has 0 unspecified atom stereocenters. The van der Waals surface area contributed by atoms with Crippen LogP contribution in [0.1, 0.15) is 12.5 Å². The fourth-order valence-electron chi connectivity index (χ4n) is 1.39. The summed E-state index contributed by atoms with van der Waals surface area (Å²) in [4.78, 5) is 21.2. The molecule has 80 valence electrons. The Morgan fingerprint density at radius 1 is 1.40 bits per heavy atom. The third-order valence-corrected chi connectivity index (χ3v) is 2.02. The molecule has 0 bridgehead atoms. The molecule has 0 spiro atoms. The van der Waals surface area contributed by atoms with Crippen LogP contribution in [-0.4, -0.2) is 19.2 Å². The second-order valence-corrected chi connectivity index (χ2v) is 3.27. The van der Waals surface area contributed by atoms with E-state index in [1.807, 2.05) is 12.1 Å². The first-order valence-electron chi connectivity index (χ1n) is 4.67. The second-order valence-electron chi connectivity index (χ2n) is 3.27. The van der Waals surface area contributed by atoms with Crippen molar-refractivity contribution < 1.29 is 9.59 Å². The Bertz CT molecular complexity index is 375. The molecule has 0 aliphatic carbocycles. The number of carbonyl (C=O) groups excluding carboxylic acids is 2. The largest absolute Gasteiger partial charge is 0.386 e. The van der Waals surface area contributed by atoms with Gasteiger partial charge in [-0.15, -0.1) is 0 Å². The lowest BCUT2D eigenvalue weighted by Crippen LogP contribution is -2.02. The Kier molecular flexibility index (Phi) is 3.85. The van der Waals surface area contributed by atoms with Gasteiger partial charge in [0.2, 0.25) is 6.41 Å². The molecule has 2 N–H and O–H groups in total. The number of amides is 1. The molecule has 0 saturated carbocycles. The number of hydrogen-bond acceptors (Lipinski definition) is 3. The zero-order valence-corrected chi connectivity index (χ0v) is 8.83. The van der Waals surface area contributed by atoms with Crippen molar-refractivity contribution in [1.29, 1.82) is 0 Å². The van der Waals surface area contributed by atoms with E-state index in [4.69, 9.17) is 0 Å². The molecule has 15 heavy (non-hydrogen) atoms. The van der Waals surface area contributed by atoms with Crippen LogP contribution >= 0.6 is 0 Å². The van der Waals surface area contributed by atoms with Crippen molar-refractivity contribution in [2.75, 3.05) is 17.7 Å². The minimum atomic E-state index is 0.119. The maximum Gasteiger partial charge on any atom is 0.211 e. The zero-order valence-electron chi connectivity index (χ0n) is 8.83. The average molecular weight is 206 g/mol. The predicted octanol–water partition coefficient (Wildman–Crippen LogP) is 1.43. The summed E-state index contributed by atoms with van der Waals surface area (Å²) in [6, 6.07) is 5.46. The van der Waals surface area contributed by atoms with E-state index in [9.17, 15) is 9.59 Å². The van der Waals surface area contributed by atoms with E-state index in [1.54, 1.807) is 20.0 Å². The summed E-state index contributed by atoms with van der Waals surface area (Å²) < 4.78 is 0. The van der Waals surface area contributed by atoms with Gasteiger partial charge in [-0.25, -0.2) is 0 Å². The van der Waals surface area contributed by atoms with E-state index in [2.05, 4.69) is 10.6 Å². The van der Waals surface area contributed by atoms with Crippen LogP contribution in [-0.2, 0) is 16.0 Å². The Morgan fingerprint density at radius 2 is 2.13 bits per heavy atom. The van der Waals surface area contributed by atoms with Gasteiger partial charge in [-0.3, -0.25) is 9.59 Å². The standard InChI is InChI=1S/C11H14N2O2/c1-8(15)5-9-3-4-10(13-7-14)11(6-9)12-2/h3-4,6-7,12H,5H2,1-2H3,(H,13,14). The number of carbonyl (C=O) groups is 2. The molecule has 0 aliphatic rings. The molecule has 0 radical (unpaired) electrons. The second kappa shape index (κ2) is 5.14. The fourth-order valence-corrected chi connectivity index (χ4v) is 1.39. The maximum atomic E-state index is 10.9. The number of Topliss-reactive ketones (excluding diaryl/α,β-unsaturated/α-hetero) is 1. The molecule has 1 amide bonds. The minimum absolute atomic E-state index is 0.119. The molecule has 0 saturated heterocycles. The van der Waals surface area contributed by atoms with Gasteiger partial charge >= 0.3 is 0 Å². The van der Waals surface area contributed by atoms with Crippen molar-refractivity contribution in [3.8, 4) is 0 Å². The van der Waals surface area contributed by atoms with E-state index < -0.39 is 0 Å². The Labute approximate surface area is 88.7 Å². The van der Waals surface area contributed by atoms with Crippen LogP contribution in [0.25, 0.3) is 0 Å². The maximum absolute atomic E-state index is 10.9. The Hall–Kier alpha value is -1.84. The first-order valence-corrected chi connectivity index (χ1v) is 4.67. The predicted molar refractivity (Wildman–Crippen MR) is 60.1 cm³/mol. The van der Waals surface area contributed by atoms with Gasteiger partial charge in [0.1, 0.15) is 5.78 Å². The number of anilines is 2. The van der Waals surface area contributed by atoms with Crippen LogP contribution in [0.4, 0.5) is 11.4 Å². The summed E-state index contributed by atoms with van der Waals surface area (Å²) in [6.07, 6.45) is 1.04. The molecular weight excluding hydrogens is 192 g/mol. The number of ketones is 1. The normalized spacial score (nSPS) is 9.47. The molecule has 1 rings (SSSR count). The lowest BCUT2D eigenvalue weighted by molar-refractivity contribution is -0.116. The SMILES string of the molecule is CNc1cc(CC(C)=O)ccc1NC=O. The van der Waals surface area contributed by atoms with Crippen molar-refractivity contribution in [3.05, 3.63) is 23.8 Å². The van der Waals surface area contributed by atoms with Gasteiger partial charge in [-0.2, -0.15) is 0 Å². The summed E-state index contributed by atoms with van der Waals surface area (Å²) in [5.74, 6) is 0.119. The summed E-state index contributed by atoms with van der Waals surface area (Å²) in [7, 11) is 1.77. The highest BCUT2D eigenvalue weighted by Gasteiger charge is 2.03. The highest BCUT2D eigenvalue weighted by atomic mass is 16.1. The summed E-state index contributed by atoms with van der Waals surface area (Å²) in [5.41, 5.74) is 2.45. The summed E-state index contributed by atoms with van der Waals surface area (Å²) in [5, 5.41) is 5.54. The molecule has 1 aromatic carbocycles. The van der Waals surface area contributed by atoms with Crippen LogP contribution in [0.5, 0.6) is 0 Å². The van der Waals surface area contributed by atoms with E-state index in [0.717, 1.165) is 11.3 Å². The van der Waals surface area contributed by atoms with Crippen LogP contribution in [0, 0.1) is 0 Å². The molecular formula is C11H14N2O2. The monoisotopic (exact) mass is 206 g/mol. The van der Waals surface area contributed by atoms with Crippen molar-refractivity contribution in [3.63, 3.8) is 0 Å². The number of nitrogens with one attached hydrogen (secondary N) is 2. The Balaban J connectivity index is 2.96. The van der Waals surface area contributed by atoms with Crippen molar-refractivity contribution >= 4 is 23.6 Å². The number of benzene rings is 1. The Morgan fingerprint density at radius 3 is 2.67 bits per heavy atom. The van der Waals surface area contributed by atoms with Gasteiger partial charge in [0.25, 0.3) is 0 Å². The lowest BCUT2D eigenvalue weighted by atomic mass is 10.1. The highest BCUT2D eigenvalue weighted by molar-refractivity contribution is 5.83. The van der Waals surface area contributed by atoms with Crippen LogP contribution in [0.15, 0.2) is 18.2 Å². The van der Waals surface area contributed by atoms with E-state index in [1.165, 1.54) is 0 Å².